The average Bonchev–Trinajstić information content (AvgIpc) is 2.96. The normalized spacial score (nSPS) is 21.7. The van der Waals surface area contributed by atoms with Gasteiger partial charge in [-0.3, -0.25) is 5.41 Å². The molecule has 3 N–H and O–H groups in total. The summed E-state index contributed by atoms with van der Waals surface area (Å²) in [5.74, 6) is -0.489. The number of likely N-dealkylation sites (N-methyl/N-ethyl adjacent to an activating group) is 1. The lowest BCUT2D eigenvalue weighted by molar-refractivity contribution is 0.343. The van der Waals surface area contributed by atoms with Gasteiger partial charge in [-0.05, 0) is 51.0 Å². The number of nitrogens with zero attached hydrogens (tertiary/aromatic N) is 2. The third kappa shape index (κ3) is 3.64. The second-order valence-corrected chi connectivity index (χ2v) is 7.63. The smallest absolute Gasteiger partial charge is 0.130 e. The highest BCUT2D eigenvalue weighted by Crippen LogP contribution is 2.42. The van der Waals surface area contributed by atoms with Crippen LogP contribution in [0.15, 0.2) is 59.4 Å². The molecular weight excluding hydrogens is 384 g/mol. The molecule has 2 aliphatic rings. The van der Waals surface area contributed by atoms with Crippen LogP contribution in [0.3, 0.4) is 0 Å². The molecule has 30 heavy (non-hydrogen) atoms. The molecule has 0 radical (unpaired) electrons. The lowest BCUT2D eigenvalue weighted by Crippen LogP contribution is -2.38. The second-order valence-electron chi connectivity index (χ2n) is 7.63. The van der Waals surface area contributed by atoms with E-state index in [4.69, 9.17) is 10.8 Å². The zero-order chi connectivity index (χ0) is 22.2. The highest BCUT2D eigenvalue weighted by molar-refractivity contribution is 6.02. The predicted molar refractivity (Wildman–Crippen MR) is 117 cm³/mol. The molecule has 2 heterocycles. The molecule has 5 nitrogen and oxygen atoms in total. The van der Waals surface area contributed by atoms with Gasteiger partial charge in [0.05, 0.1) is 23.1 Å². The van der Waals surface area contributed by atoms with Crippen LogP contribution in [0.2, 0.25) is 0 Å². The number of hydrogen-bond acceptors (Lipinski definition) is 4. The number of rotatable bonds is 6. The van der Waals surface area contributed by atoms with Crippen molar-refractivity contribution in [3.63, 3.8) is 0 Å². The Balaban J connectivity index is 2.26. The molecule has 1 aliphatic carbocycles. The molecule has 0 spiro atoms. The number of alkyl halides is 1. The van der Waals surface area contributed by atoms with Crippen LogP contribution in [-0.2, 0) is 6.54 Å². The molecule has 160 valence electrons. The topological polar surface area (TPSA) is 67.9 Å². The molecule has 7 heteroatoms. The molecule has 1 aromatic rings. The molecule has 0 fully saturated rings. The predicted octanol–water partition coefficient (Wildman–Crippen LogP) is 4.42. The van der Waals surface area contributed by atoms with Crippen molar-refractivity contribution in [2.75, 3.05) is 11.4 Å². The van der Waals surface area contributed by atoms with Gasteiger partial charge in [0.2, 0.25) is 0 Å². The third-order valence-electron chi connectivity index (χ3n) is 5.58. The van der Waals surface area contributed by atoms with Crippen molar-refractivity contribution in [3.8, 4) is 0 Å². The maximum atomic E-state index is 15.1. The number of allylic oxidation sites excluding steroid dienone is 3. The van der Waals surface area contributed by atoms with E-state index in [0.717, 1.165) is 11.3 Å². The van der Waals surface area contributed by atoms with Gasteiger partial charge in [-0.1, -0.05) is 12.7 Å². The van der Waals surface area contributed by atoms with E-state index in [1.54, 1.807) is 6.92 Å². The van der Waals surface area contributed by atoms with Crippen molar-refractivity contribution in [3.05, 3.63) is 70.4 Å². The Hall–Kier alpha value is -2.96. The highest BCUT2D eigenvalue weighted by Gasteiger charge is 2.42. The van der Waals surface area contributed by atoms with Gasteiger partial charge in [-0.25, -0.2) is 8.78 Å². The first kappa shape index (κ1) is 21.7. The fraction of sp³-hybridized carbons (Fsp3) is 0.391. The van der Waals surface area contributed by atoms with Crippen LogP contribution in [0.25, 0.3) is 0 Å². The van der Waals surface area contributed by atoms with Gasteiger partial charge in [0.25, 0.3) is 0 Å². The van der Waals surface area contributed by atoms with Gasteiger partial charge < -0.3 is 20.2 Å². The zero-order valence-electron chi connectivity index (χ0n) is 17.9. The average molecular weight is 414 g/mol. The van der Waals surface area contributed by atoms with Crippen LogP contribution >= 0.6 is 0 Å². The number of anilines is 1. The van der Waals surface area contributed by atoms with Crippen LogP contribution in [0.4, 0.5) is 14.5 Å². The Bertz CT molecular complexity index is 1040. The Morgan fingerprint density at radius 3 is 2.60 bits per heavy atom. The van der Waals surface area contributed by atoms with Crippen molar-refractivity contribution in [2.24, 2.45) is 0 Å². The summed E-state index contributed by atoms with van der Waals surface area (Å²) in [4.78, 5) is 1.90. The minimum atomic E-state index is -1.49. The summed E-state index contributed by atoms with van der Waals surface area (Å²) < 4.78 is 30.6. The number of aromatic nitrogens is 1. The maximum Gasteiger partial charge on any atom is 0.130 e. The van der Waals surface area contributed by atoms with Crippen molar-refractivity contribution >= 4 is 11.4 Å². The molecule has 2 atom stereocenters. The lowest BCUT2D eigenvalue weighted by atomic mass is 9.89. The minimum absolute atomic E-state index is 0.302. The van der Waals surface area contributed by atoms with E-state index < -0.39 is 18.0 Å². The van der Waals surface area contributed by atoms with Crippen LogP contribution < -0.4 is 15.7 Å². The number of aryl methyl sites for hydroxylation is 2. The number of halogens is 2. The second kappa shape index (κ2) is 8.42. The standard InChI is InChI=1S/C23H29F2N5/c1-6-28-21-15(5)30(17-10-13(3)23(27)29(7-2)12-17)22(20(21)14(4)26)18-9-8-16(24)11-19(18)25/h8-10,12,19,22,26-28H,5-7,11H2,1-4H3. The molecule has 0 saturated carbocycles. The first-order valence-electron chi connectivity index (χ1n) is 10.2. The minimum Gasteiger partial charge on any atom is -0.383 e. The van der Waals surface area contributed by atoms with E-state index in [1.165, 1.54) is 12.2 Å². The van der Waals surface area contributed by atoms with Gasteiger partial charge in [0.1, 0.15) is 17.5 Å². The summed E-state index contributed by atoms with van der Waals surface area (Å²) in [5, 5.41) is 20.0. The van der Waals surface area contributed by atoms with Crippen LogP contribution in [0.5, 0.6) is 0 Å². The molecule has 0 amide bonds. The highest BCUT2D eigenvalue weighted by atomic mass is 19.1. The SMILES string of the molecule is C=C1C(NCC)=C(C(C)=N)C(C2=CC=C(F)CC2F)N1c1cc(C)c(=N)n(CC)c1. The summed E-state index contributed by atoms with van der Waals surface area (Å²) in [6, 6.07) is 1.27. The molecule has 0 aromatic carbocycles. The lowest BCUT2D eigenvalue weighted by Gasteiger charge is -2.34. The van der Waals surface area contributed by atoms with Gasteiger partial charge in [0, 0.05) is 37.0 Å². The molecule has 1 aromatic heterocycles. The van der Waals surface area contributed by atoms with Gasteiger partial charge in [-0.2, -0.15) is 0 Å². The van der Waals surface area contributed by atoms with E-state index >= 15 is 4.39 Å². The largest absolute Gasteiger partial charge is 0.383 e. The fourth-order valence-electron chi connectivity index (χ4n) is 4.15. The summed E-state index contributed by atoms with van der Waals surface area (Å²) in [7, 11) is 0. The summed E-state index contributed by atoms with van der Waals surface area (Å²) in [5.41, 5.74) is 4.64. The van der Waals surface area contributed by atoms with Crippen molar-refractivity contribution in [1.82, 2.24) is 9.88 Å². The molecule has 0 bridgehead atoms. The van der Waals surface area contributed by atoms with E-state index in [2.05, 4.69) is 11.9 Å². The van der Waals surface area contributed by atoms with Crippen LogP contribution in [0, 0.1) is 17.7 Å². The van der Waals surface area contributed by atoms with Crippen molar-refractivity contribution in [1.29, 1.82) is 10.8 Å². The quantitative estimate of drug-likeness (QED) is 0.604. The first-order valence-corrected chi connectivity index (χ1v) is 10.2. The van der Waals surface area contributed by atoms with Gasteiger partial charge >= 0.3 is 0 Å². The maximum absolute atomic E-state index is 15.1. The zero-order valence-corrected chi connectivity index (χ0v) is 17.9. The van der Waals surface area contributed by atoms with Crippen LogP contribution in [0.1, 0.15) is 32.8 Å². The van der Waals surface area contributed by atoms with E-state index in [1.807, 2.05) is 42.5 Å². The molecule has 2 unspecified atom stereocenters. The van der Waals surface area contributed by atoms with Crippen LogP contribution in [-0.4, -0.2) is 29.0 Å². The third-order valence-corrected chi connectivity index (χ3v) is 5.58. The Morgan fingerprint density at radius 1 is 1.33 bits per heavy atom. The van der Waals surface area contributed by atoms with Gasteiger partial charge in [-0.15, -0.1) is 0 Å². The number of pyridine rings is 1. The van der Waals surface area contributed by atoms with E-state index in [-0.39, 0.29) is 6.42 Å². The fourth-order valence-corrected chi connectivity index (χ4v) is 4.15. The molecule has 0 saturated heterocycles. The first-order chi connectivity index (χ1) is 14.2. The molecular formula is C23H29F2N5. The Kier molecular flexibility index (Phi) is 6.10. The molecule has 1 aliphatic heterocycles. The summed E-state index contributed by atoms with van der Waals surface area (Å²) in [6.07, 6.45) is 2.86. The number of nitrogens with one attached hydrogen (secondary N) is 3. The summed E-state index contributed by atoms with van der Waals surface area (Å²) >= 11 is 0. The monoisotopic (exact) mass is 413 g/mol. The number of hydrogen-bond donors (Lipinski definition) is 3. The molecule has 3 rings (SSSR count). The van der Waals surface area contributed by atoms with E-state index in [9.17, 15) is 4.39 Å². The van der Waals surface area contributed by atoms with E-state index in [0.29, 0.717) is 46.8 Å². The van der Waals surface area contributed by atoms with Crippen molar-refractivity contribution in [2.45, 2.75) is 52.9 Å². The summed E-state index contributed by atoms with van der Waals surface area (Å²) in [6.45, 7) is 12.9. The van der Waals surface area contributed by atoms with Gasteiger partial charge in [0.15, 0.2) is 0 Å². The van der Waals surface area contributed by atoms with Crippen molar-refractivity contribution < 1.29 is 8.78 Å². The Labute approximate surface area is 176 Å². The Morgan fingerprint density at radius 2 is 2.03 bits per heavy atom.